The monoisotopic (exact) mass is 320 g/mol. The summed E-state index contributed by atoms with van der Waals surface area (Å²) in [5.74, 6) is 0.0703. The van der Waals surface area contributed by atoms with E-state index >= 15 is 0 Å². The first-order valence-electron chi connectivity index (χ1n) is 7.09. The molecule has 5 heteroatoms. The lowest BCUT2D eigenvalue weighted by Crippen LogP contribution is -2.34. The van der Waals surface area contributed by atoms with Gasteiger partial charge in [-0.05, 0) is 36.6 Å². The van der Waals surface area contributed by atoms with Crippen LogP contribution in [0.25, 0.3) is 0 Å². The largest absolute Gasteiger partial charge is 0.385 e. The van der Waals surface area contributed by atoms with Crippen LogP contribution in [0.4, 0.5) is 5.69 Å². The summed E-state index contributed by atoms with van der Waals surface area (Å²) in [6.45, 7) is 1.50. The fraction of sp³-hybridized carbons (Fsp3) is 0.312. The van der Waals surface area contributed by atoms with Crippen LogP contribution in [-0.4, -0.2) is 19.0 Å². The molecule has 1 amide bonds. The molecule has 110 valence electrons. The van der Waals surface area contributed by atoms with E-state index in [0.717, 1.165) is 35.0 Å². The van der Waals surface area contributed by atoms with Crippen molar-refractivity contribution in [2.24, 2.45) is 0 Å². The number of halogens is 1. The third-order valence-corrected chi connectivity index (χ3v) is 4.99. The highest BCUT2D eigenvalue weighted by Crippen LogP contribution is 2.31. The van der Waals surface area contributed by atoms with Crippen molar-refractivity contribution in [3.8, 4) is 0 Å². The van der Waals surface area contributed by atoms with Crippen molar-refractivity contribution >= 4 is 34.5 Å². The summed E-state index contributed by atoms with van der Waals surface area (Å²) >= 11 is 7.47. The van der Waals surface area contributed by atoms with E-state index in [-0.39, 0.29) is 11.8 Å². The predicted octanol–water partition coefficient (Wildman–Crippen LogP) is 3.66. The van der Waals surface area contributed by atoms with Crippen LogP contribution >= 0.6 is 22.9 Å². The average Bonchev–Trinajstić information content (AvgIpc) is 2.92. The molecule has 0 aliphatic carbocycles. The summed E-state index contributed by atoms with van der Waals surface area (Å²) in [4.78, 5) is 13.6. The molecule has 1 aliphatic heterocycles. The molecule has 2 aromatic rings. The smallest absolute Gasteiger partial charge is 0.227 e. The van der Waals surface area contributed by atoms with E-state index in [2.05, 4.69) is 10.6 Å². The Balaban J connectivity index is 1.59. The van der Waals surface area contributed by atoms with E-state index in [1.54, 1.807) is 11.3 Å². The van der Waals surface area contributed by atoms with Crippen molar-refractivity contribution in [1.82, 2.24) is 5.32 Å². The molecule has 1 aliphatic rings. The lowest BCUT2D eigenvalue weighted by molar-refractivity contribution is -0.122. The third-order valence-electron chi connectivity index (χ3n) is 3.70. The molecule has 3 rings (SSSR count). The van der Waals surface area contributed by atoms with Gasteiger partial charge in [0.2, 0.25) is 5.91 Å². The summed E-state index contributed by atoms with van der Waals surface area (Å²) in [5, 5.41) is 6.39. The molecule has 3 nitrogen and oxygen atoms in total. The second-order valence-electron chi connectivity index (χ2n) is 5.10. The van der Waals surface area contributed by atoms with E-state index in [0.29, 0.717) is 6.54 Å². The van der Waals surface area contributed by atoms with Gasteiger partial charge in [0.15, 0.2) is 0 Å². The van der Waals surface area contributed by atoms with Gasteiger partial charge >= 0.3 is 0 Å². The average molecular weight is 321 g/mol. The van der Waals surface area contributed by atoms with Crippen molar-refractivity contribution in [3.05, 3.63) is 51.2 Å². The van der Waals surface area contributed by atoms with Gasteiger partial charge in [-0.25, -0.2) is 0 Å². The number of anilines is 1. The molecule has 1 aromatic heterocycles. The second-order valence-corrected chi connectivity index (χ2v) is 6.90. The Morgan fingerprint density at radius 1 is 1.33 bits per heavy atom. The Morgan fingerprint density at radius 2 is 2.19 bits per heavy atom. The summed E-state index contributed by atoms with van der Waals surface area (Å²) in [5.41, 5.74) is 2.18. The highest BCUT2D eigenvalue weighted by atomic mass is 35.5. The van der Waals surface area contributed by atoms with Crippen molar-refractivity contribution in [3.63, 3.8) is 0 Å². The summed E-state index contributed by atoms with van der Waals surface area (Å²) < 4.78 is 0.795. The first-order chi connectivity index (χ1) is 10.2. The lowest BCUT2D eigenvalue weighted by atomic mass is 9.90. The molecule has 0 fully saturated rings. The maximum absolute atomic E-state index is 12.4. The molecular formula is C16H17ClN2OS. The molecule has 2 N–H and O–H groups in total. The van der Waals surface area contributed by atoms with Crippen molar-refractivity contribution in [2.75, 3.05) is 18.4 Å². The standard InChI is InChI=1S/C16H17ClN2OS/c17-15-6-5-11(21-15)7-9-19-16(20)13-8-10-18-14-4-2-1-3-12(13)14/h1-6,13,18H,7-10H2,(H,19,20). The van der Waals surface area contributed by atoms with Crippen LogP contribution in [0, 0.1) is 0 Å². The van der Waals surface area contributed by atoms with E-state index < -0.39 is 0 Å². The summed E-state index contributed by atoms with van der Waals surface area (Å²) in [7, 11) is 0. The first-order valence-corrected chi connectivity index (χ1v) is 8.28. The van der Waals surface area contributed by atoms with E-state index in [9.17, 15) is 4.79 Å². The highest BCUT2D eigenvalue weighted by Gasteiger charge is 2.25. The third kappa shape index (κ3) is 3.39. The topological polar surface area (TPSA) is 41.1 Å². The van der Waals surface area contributed by atoms with Gasteiger partial charge in [-0.15, -0.1) is 11.3 Å². The normalized spacial score (nSPS) is 16.9. The fourth-order valence-corrected chi connectivity index (χ4v) is 3.75. The van der Waals surface area contributed by atoms with E-state index in [1.165, 1.54) is 4.88 Å². The number of nitrogens with one attached hydrogen (secondary N) is 2. The van der Waals surface area contributed by atoms with Crippen LogP contribution < -0.4 is 10.6 Å². The van der Waals surface area contributed by atoms with Crippen LogP contribution in [0.1, 0.15) is 22.8 Å². The van der Waals surface area contributed by atoms with Crippen LogP contribution in [-0.2, 0) is 11.2 Å². The van der Waals surface area contributed by atoms with Crippen molar-refractivity contribution in [2.45, 2.75) is 18.8 Å². The zero-order valence-electron chi connectivity index (χ0n) is 11.6. The Morgan fingerprint density at radius 3 is 3.00 bits per heavy atom. The zero-order chi connectivity index (χ0) is 14.7. The number of rotatable bonds is 4. The number of hydrogen-bond donors (Lipinski definition) is 2. The van der Waals surface area contributed by atoms with Gasteiger partial charge in [-0.3, -0.25) is 4.79 Å². The molecule has 0 saturated carbocycles. The van der Waals surface area contributed by atoms with Gasteiger partial charge in [0, 0.05) is 23.7 Å². The molecule has 0 spiro atoms. The molecule has 21 heavy (non-hydrogen) atoms. The van der Waals surface area contributed by atoms with Crippen molar-refractivity contribution in [1.29, 1.82) is 0 Å². The Hall–Kier alpha value is -1.52. The lowest BCUT2D eigenvalue weighted by Gasteiger charge is -2.25. The van der Waals surface area contributed by atoms with Gasteiger partial charge in [-0.1, -0.05) is 29.8 Å². The fourth-order valence-electron chi connectivity index (χ4n) is 2.66. The molecule has 2 heterocycles. The first kappa shape index (κ1) is 14.4. The number of benzene rings is 1. The predicted molar refractivity (Wildman–Crippen MR) is 88.3 cm³/mol. The highest BCUT2D eigenvalue weighted by molar-refractivity contribution is 7.16. The second kappa shape index (κ2) is 6.50. The number of carbonyl (C=O) groups is 1. The Labute approximate surface area is 133 Å². The molecule has 0 saturated heterocycles. The van der Waals surface area contributed by atoms with Gasteiger partial charge < -0.3 is 10.6 Å². The maximum atomic E-state index is 12.4. The minimum Gasteiger partial charge on any atom is -0.385 e. The minimum atomic E-state index is -0.0469. The van der Waals surface area contributed by atoms with E-state index in [4.69, 9.17) is 11.6 Å². The van der Waals surface area contributed by atoms with Gasteiger partial charge in [0.1, 0.15) is 0 Å². The van der Waals surface area contributed by atoms with Crippen LogP contribution in [0.3, 0.4) is 0 Å². The zero-order valence-corrected chi connectivity index (χ0v) is 13.1. The molecule has 1 aromatic carbocycles. The quantitative estimate of drug-likeness (QED) is 0.902. The number of carbonyl (C=O) groups excluding carboxylic acids is 1. The number of hydrogen-bond acceptors (Lipinski definition) is 3. The molecule has 1 atom stereocenters. The van der Waals surface area contributed by atoms with Crippen molar-refractivity contribution < 1.29 is 4.79 Å². The van der Waals surface area contributed by atoms with Gasteiger partial charge in [-0.2, -0.15) is 0 Å². The SMILES string of the molecule is O=C(NCCc1ccc(Cl)s1)C1CCNc2ccccc21. The molecule has 0 radical (unpaired) electrons. The molecule has 0 bridgehead atoms. The Kier molecular flexibility index (Phi) is 4.46. The van der Waals surface area contributed by atoms with Gasteiger partial charge in [0.05, 0.1) is 10.3 Å². The summed E-state index contributed by atoms with van der Waals surface area (Å²) in [6.07, 6.45) is 1.67. The number of amides is 1. The number of fused-ring (bicyclic) bond motifs is 1. The van der Waals surface area contributed by atoms with Crippen LogP contribution in [0.5, 0.6) is 0 Å². The van der Waals surface area contributed by atoms with Crippen LogP contribution in [0.2, 0.25) is 4.34 Å². The molecule has 1 unspecified atom stereocenters. The van der Waals surface area contributed by atoms with Gasteiger partial charge in [0.25, 0.3) is 0 Å². The van der Waals surface area contributed by atoms with Crippen LogP contribution in [0.15, 0.2) is 36.4 Å². The maximum Gasteiger partial charge on any atom is 0.227 e. The Bertz CT molecular complexity index is 641. The molecular weight excluding hydrogens is 304 g/mol. The number of thiophene rings is 1. The minimum absolute atomic E-state index is 0.0469. The van der Waals surface area contributed by atoms with E-state index in [1.807, 2.05) is 36.4 Å². The summed E-state index contributed by atoms with van der Waals surface area (Å²) in [6, 6.07) is 11.9. The number of para-hydroxylation sites is 1.